The SMILES string of the molecule is CCN(C(=O)OC(C)(C)C)c1nc2c(F)ccc(Cl)c2c(=O)n1-c1ccccc1. The van der Waals surface area contributed by atoms with Gasteiger partial charge in [0.1, 0.15) is 16.9 Å². The molecule has 0 unspecified atom stereocenters. The summed E-state index contributed by atoms with van der Waals surface area (Å²) in [6.45, 7) is 7.06. The van der Waals surface area contributed by atoms with Crippen LogP contribution in [0.1, 0.15) is 27.7 Å². The number of halogens is 2. The normalized spacial score (nSPS) is 11.5. The van der Waals surface area contributed by atoms with Crippen LogP contribution in [0.15, 0.2) is 47.3 Å². The summed E-state index contributed by atoms with van der Waals surface area (Å²) in [5, 5.41) is 0.0231. The first-order valence-electron chi connectivity index (χ1n) is 9.10. The van der Waals surface area contributed by atoms with E-state index >= 15 is 0 Å². The number of hydrogen-bond acceptors (Lipinski definition) is 4. The molecule has 0 bridgehead atoms. The molecule has 0 aliphatic rings. The molecule has 1 heterocycles. The van der Waals surface area contributed by atoms with Crippen LogP contribution in [0.2, 0.25) is 5.02 Å². The first-order valence-corrected chi connectivity index (χ1v) is 9.48. The number of hydrogen-bond donors (Lipinski definition) is 0. The maximum absolute atomic E-state index is 14.5. The van der Waals surface area contributed by atoms with Crippen LogP contribution < -0.4 is 10.5 Å². The molecule has 0 aliphatic carbocycles. The average Bonchev–Trinajstić information content (AvgIpc) is 2.64. The van der Waals surface area contributed by atoms with Gasteiger partial charge in [-0.15, -0.1) is 0 Å². The van der Waals surface area contributed by atoms with Crippen LogP contribution in [0.4, 0.5) is 15.1 Å². The van der Waals surface area contributed by atoms with Crippen LogP contribution in [-0.2, 0) is 4.74 Å². The second kappa shape index (κ2) is 7.83. The minimum Gasteiger partial charge on any atom is -0.443 e. The Morgan fingerprint density at radius 2 is 1.86 bits per heavy atom. The molecule has 0 aliphatic heterocycles. The van der Waals surface area contributed by atoms with E-state index in [2.05, 4.69) is 4.98 Å². The molecular formula is C21H21ClFN3O3. The fourth-order valence-electron chi connectivity index (χ4n) is 2.87. The van der Waals surface area contributed by atoms with Gasteiger partial charge < -0.3 is 4.74 Å². The number of nitrogens with zero attached hydrogens (tertiary/aromatic N) is 3. The molecule has 1 aromatic heterocycles. The standard InChI is InChI=1S/C21H21ClFN3O3/c1-5-25(20(28)29-21(2,3)4)19-24-17-15(23)12-11-14(22)16(17)18(27)26(19)13-9-7-6-8-10-13/h6-12H,5H2,1-4H3. The molecule has 0 saturated carbocycles. The lowest BCUT2D eigenvalue weighted by Crippen LogP contribution is -2.40. The van der Waals surface area contributed by atoms with Crippen LogP contribution in [0.3, 0.4) is 0 Å². The van der Waals surface area contributed by atoms with Gasteiger partial charge in [-0.25, -0.2) is 23.6 Å². The van der Waals surface area contributed by atoms with Gasteiger partial charge in [0.15, 0.2) is 0 Å². The zero-order valence-electron chi connectivity index (χ0n) is 16.6. The van der Waals surface area contributed by atoms with Gasteiger partial charge in [-0.05, 0) is 52.0 Å². The molecular weight excluding hydrogens is 397 g/mol. The van der Waals surface area contributed by atoms with Crippen LogP contribution in [0.25, 0.3) is 16.6 Å². The maximum atomic E-state index is 14.5. The quantitative estimate of drug-likeness (QED) is 0.605. The summed E-state index contributed by atoms with van der Waals surface area (Å²) in [7, 11) is 0. The molecule has 3 aromatic rings. The number of anilines is 1. The van der Waals surface area contributed by atoms with E-state index in [9.17, 15) is 14.0 Å². The lowest BCUT2D eigenvalue weighted by atomic mass is 10.2. The van der Waals surface area contributed by atoms with E-state index < -0.39 is 23.1 Å². The summed E-state index contributed by atoms with van der Waals surface area (Å²) in [5.41, 5.74) is -1.08. The minimum absolute atomic E-state index is 0.0494. The first-order chi connectivity index (χ1) is 13.6. The van der Waals surface area contributed by atoms with Crippen LogP contribution in [0.5, 0.6) is 0 Å². The zero-order chi connectivity index (χ0) is 21.3. The Balaban J connectivity index is 2.36. The molecule has 29 heavy (non-hydrogen) atoms. The Bertz CT molecular complexity index is 1120. The van der Waals surface area contributed by atoms with E-state index in [1.165, 1.54) is 15.5 Å². The smallest absolute Gasteiger partial charge is 0.417 e. The number of carbonyl (C=O) groups is 1. The number of fused-ring (bicyclic) bond motifs is 1. The topological polar surface area (TPSA) is 64.4 Å². The highest BCUT2D eigenvalue weighted by Crippen LogP contribution is 2.26. The highest BCUT2D eigenvalue weighted by Gasteiger charge is 2.28. The Morgan fingerprint density at radius 1 is 1.21 bits per heavy atom. The fraction of sp³-hybridized carbons (Fsp3) is 0.286. The van der Waals surface area contributed by atoms with E-state index in [1.807, 2.05) is 0 Å². The van der Waals surface area contributed by atoms with E-state index in [0.29, 0.717) is 5.69 Å². The summed E-state index contributed by atoms with van der Waals surface area (Å²) >= 11 is 6.18. The van der Waals surface area contributed by atoms with Crippen molar-refractivity contribution >= 4 is 34.5 Å². The summed E-state index contributed by atoms with van der Waals surface area (Å²) in [6.07, 6.45) is -0.696. The molecule has 0 saturated heterocycles. The maximum Gasteiger partial charge on any atom is 0.417 e. The molecule has 6 nitrogen and oxygen atoms in total. The zero-order valence-corrected chi connectivity index (χ0v) is 17.3. The molecule has 0 spiro atoms. The van der Waals surface area contributed by atoms with Crippen molar-refractivity contribution in [3.63, 3.8) is 0 Å². The summed E-state index contributed by atoms with van der Waals surface area (Å²) in [6, 6.07) is 11.1. The van der Waals surface area contributed by atoms with Crippen LogP contribution >= 0.6 is 11.6 Å². The van der Waals surface area contributed by atoms with Crippen molar-refractivity contribution in [3.05, 3.63) is 63.7 Å². The van der Waals surface area contributed by atoms with Crippen LogP contribution in [0, 0.1) is 5.82 Å². The minimum atomic E-state index is -0.756. The largest absolute Gasteiger partial charge is 0.443 e. The summed E-state index contributed by atoms with van der Waals surface area (Å²) in [4.78, 5) is 31.7. The number of benzene rings is 2. The van der Waals surface area contributed by atoms with E-state index in [-0.39, 0.29) is 28.4 Å². The van der Waals surface area contributed by atoms with E-state index in [0.717, 1.165) is 6.07 Å². The Morgan fingerprint density at radius 3 is 2.45 bits per heavy atom. The second-order valence-corrected chi connectivity index (χ2v) is 7.77. The molecule has 2 aromatic carbocycles. The molecule has 0 fully saturated rings. The van der Waals surface area contributed by atoms with E-state index in [1.54, 1.807) is 58.0 Å². The molecule has 8 heteroatoms. The number of para-hydroxylation sites is 1. The lowest BCUT2D eigenvalue weighted by molar-refractivity contribution is 0.0579. The predicted octanol–water partition coefficient (Wildman–Crippen LogP) is 4.94. The Labute approximate surface area is 172 Å². The molecule has 1 amide bonds. The number of aromatic nitrogens is 2. The third-order valence-corrected chi connectivity index (χ3v) is 4.41. The van der Waals surface area contributed by atoms with Gasteiger partial charge in [0, 0.05) is 6.54 Å². The van der Waals surface area contributed by atoms with Gasteiger partial charge >= 0.3 is 6.09 Å². The second-order valence-electron chi connectivity index (χ2n) is 7.37. The Hall–Kier alpha value is -2.93. The first kappa shape index (κ1) is 20.8. The summed E-state index contributed by atoms with van der Waals surface area (Å²) in [5.74, 6) is -0.755. The third kappa shape index (κ3) is 4.10. The molecule has 0 atom stereocenters. The fourth-order valence-corrected chi connectivity index (χ4v) is 3.10. The van der Waals surface area contributed by atoms with Crippen molar-refractivity contribution in [1.82, 2.24) is 9.55 Å². The monoisotopic (exact) mass is 417 g/mol. The van der Waals surface area contributed by atoms with Crippen molar-refractivity contribution < 1.29 is 13.9 Å². The van der Waals surface area contributed by atoms with Gasteiger partial charge in [-0.2, -0.15) is 0 Å². The average molecular weight is 418 g/mol. The number of ether oxygens (including phenoxy) is 1. The van der Waals surface area contributed by atoms with Crippen LogP contribution in [-0.4, -0.2) is 27.8 Å². The number of rotatable bonds is 3. The lowest BCUT2D eigenvalue weighted by Gasteiger charge is -2.27. The van der Waals surface area contributed by atoms with Crippen molar-refractivity contribution in [1.29, 1.82) is 0 Å². The van der Waals surface area contributed by atoms with Crippen molar-refractivity contribution in [2.24, 2.45) is 0 Å². The molecule has 0 N–H and O–H groups in total. The van der Waals surface area contributed by atoms with Gasteiger partial charge in [0.05, 0.1) is 16.1 Å². The summed E-state index contributed by atoms with van der Waals surface area (Å²) < 4.78 is 21.2. The molecule has 3 rings (SSSR count). The molecule has 0 radical (unpaired) electrons. The third-order valence-electron chi connectivity index (χ3n) is 4.09. The van der Waals surface area contributed by atoms with E-state index in [4.69, 9.17) is 16.3 Å². The Kier molecular flexibility index (Phi) is 5.61. The highest BCUT2D eigenvalue weighted by atomic mass is 35.5. The van der Waals surface area contributed by atoms with Crippen molar-refractivity contribution in [2.45, 2.75) is 33.3 Å². The van der Waals surface area contributed by atoms with Crippen molar-refractivity contribution in [2.75, 3.05) is 11.4 Å². The van der Waals surface area contributed by atoms with Gasteiger partial charge in [0.2, 0.25) is 5.95 Å². The van der Waals surface area contributed by atoms with Crippen molar-refractivity contribution in [3.8, 4) is 5.69 Å². The predicted molar refractivity (Wildman–Crippen MR) is 112 cm³/mol. The molecule has 152 valence electrons. The number of carbonyl (C=O) groups excluding carboxylic acids is 1. The van der Waals surface area contributed by atoms with Gasteiger partial charge in [-0.1, -0.05) is 29.8 Å². The van der Waals surface area contributed by atoms with Gasteiger partial charge in [-0.3, -0.25) is 4.79 Å². The highest BCUT2D eigenvalue weighted by molar-refractivity contribution is 6.35. The van der Waals surface area contributed by atoms with Gasteiger partial charge in [0.25, 0.3) is 5.56 Å². The number of amides is 1.